The highest BCUT2D eigenvalue weighted by Gasteiger charge is 2.47. The molecule has 2 aliphatic rings. The Morgan fingerprint density at radius 2 is 1.81 bits per heavy atom. The maximum absolute atomic E-state index is 13.0. The second-order valence-corrected chi connectivity index (χ2v) is 7.40. The molecule has 1 saturated heterocycles. The molecule has 2 atom stereocenters. The van der Waals surface area contributed by atoms with E-state index in [1.54, 1.807) is 0 Å². The number of benzene rings is 1. The van der Waals surface area contributed by atoms with Gasteiger partial charge in [0.2, 0.25) is 5.91 Å². The van der Waals surface area contributed by atoms with Crippen LogP contribution >= 0.6 is 0 Å². The van der Waals surface area contributed by atoms with E-state index in [0.717, 1.165) is 36.1 Å². The van der Waals surface area contributed by atoms with E-state index in [-0.39, 0.29) is 24.3 Å². The van der Waals surface area contributed by atoms with Crippen LogP contribution in [0.15, 0.2) is 30.3 Å². The molecule has 2 fully saturated rings. The molecule has 1 aliphatic carbocycles. The number of carbonyl (C=O) groups is 3. The van der Waals surface area contributed by atoms with Crippen molar-refractivity contribution in [3.05, 3.63) is 35.9 Å². The van der Waals surface area contributed by atoms with Crippen LogP contribution in [0.25, 0.3) is 0 Å². The highest BCUT2D eigenvalue weighted by molar-refractivity contribution is 6.01. The second-order valence-electron chi connectivity index (χ2n) is 7.40. The lowest BCUT2D eigenvalue weighted by atomic mass is 9.80. The van der Waals surface area contributed by atoms with Gasteiger partial charge in [-0.05, 0) is 24.3 Å². The smallest absolute Gasteiger partial charge is 0.328 e. The molecule has 1 saturated carbocycles. The van der Waals surface area contributed by atoms with Gasteiger partial charge in [0.25, 0.3) is 0 Å². The lowest BCUT2D eigenvalue weighted by Crippen LogP contribution is -2.47. The van der Waals surface area contributed by atoms with Crippen LogP contribution in [0.2, 0.25) is 0 Å². The second kappa shape index (κ2) is 7.89. The topological polar surface area (TPSA) is 77.9 Å². The number of aliphatic carboxylic acids is 1. The standard InChI is InChI=1S/C20H26N2O4/c1-14(16-10-6-3-7-11-16)18(23)22-17(19(24)25)13-21(20(22)26)12-15-8-4-2-5-9-15/h2,4-5,8-9,14,16-17H,3,6-7,10-13H2,1H3,(H,24,25). The van der Waals surface area contributed by atoms with Crippen molar-refractivity contribution >= 4 is 17.9 Å². The van der Waals surface area contributed by atoms with E-state index in [0.29, 0.717) is 6.54 Å². The van der Waals surface area contributed by atoms with Gasteiger partial charge in [-0.2, -0.15) is 0 Å². The Morgan fingerprint density at radius 1 is 1.15 bits per heavy atom. The maximum Gasteiger partial charge on any atom is 0.328 e. The highest BCUT2D eigenvalue weighted by Crippen LogP contribution is 2.32. The van der Waals surface area contributed by atoms with Crippen LogP contribution in [0.5, 0.6) is 0 Å². The molecule has 26 heavy (non-hydrogen) atoms. The number of imide groups is 1. The van der Waals surface area contributed by atoms with Crippen molar-refractivity contribution in [2.24, 2.45) is 11.8 Å². The molecule has 140 valence electrons. The molecule has 0 bridgehead atoms. The molecule has 0 radical (unpaired) electrons. The van der Waals surface area contributed by atoms with E-state index >= 15 is 0 Å². The Labute approximate surface area is 153 Å². The summed E-state index contributed by atoms with van der Waals surface area (Å²) in [6, 6.07) is 7.81. The van der Waals surface area contributed by atoms with Gasteiger partial charge in [-0.25, -0.2) is 14.5 Å². The van der Waals surface area contributed by atoms with Gasteiger partial charge in [0.1, 0.15) is 0 Å². The predicted molar refractivity (Wildman–Crippen MR) is 96.3 cm³/mol. The van der Waals surface area contributed by atoms with Gasteiger partial charge >= 0.3 is 12.0 Å². The first-order chi connectivity index (χ1) is 12.5. The third-order valence-electron chi connectivity index (χ3n) is 5.67. The van der Waals surface area contributed by atoms with Crippen LogP contribution in [0, 0.1) is 11.8 Å². The van der Waals surface area contributed by atoms with E-state index in [9.17, 15) is 19.5 Å². The van der Waals surface area contributed by atoms with Crippen molar-refractivity contribution in [3.8, 4) is 0 Å². The SMILES string of the molecule is CC(C(=O)N1C(=O)N(Cc2ccccc2)CC1C(=O)O)C1CCCCC1. The number of carboxylic acids is 1. The Kier molecular flexibility index (Phi) is 5.59. The molecule has 3 amide bonds. The number of urea groups is 1. The summed E-state index contributed by atoms with van der Waals surface area (Å²) in [5, 5.41) is 9.55. The summed E-state index contributed by atoms with van der Waals surface area (Å²) in [5.41, 5.74) is 0.916. The molecule has 6 nitrogen and oxygen atoms in total. The molecule has 3 rings (SSSR count). The molecular formula is C20H26N2O4. The van der Waals surface area contributed by atoms with Crippen molar-refractivity contribution < 1.29 is 19.5 Å². The number of rotatable bonds is 5. The predicted octanol–water partition coefficient (Wildman–Crippen LogP) is 3.12. The van der Waals surface area contributed by atoms with Gasteiger partial charge < -0.3 is 10.0 Å². The van der Waals surface area contributed by atoms with Crippen molar-refractivity contribution in [3.63, 3.8) is 0 Å². The quantitative estimate of drug-likeness (QED) is 0.877. The minimum Gasteiger partial charge on any atom is -0.480 e. The van der Waals surface area contributed by atoms with Crippen molar-refractivity contribution in [2.45, 2.75) is 51.6 Å². The molecule has 0 spiro atoms. The van der Waals surface area contributed by atoms with E-state index in [1.165, 1.54) is 11.3 Å². The zero-order chi connectivity index (χ0) is 18.7. The zero-order valence-electron chi connectivity index (χ0n) is 15.1. The largest absolute Gasteiger partial charge is 0.480 e. The lowest BCUT2D eigenvalue weighted by molar-refractivity contribution is -0.148. The first-order valence-corrected chi connectivity index (χ1v) is 9.37. The number of carboxylic acid groups (broad SMARTS) is 1. The fraction of sp³-hybridized carbons (Fsp3) is 0.550. The summed E-state index contributed by atoms with van der Waals surface area (Å²) < 4.78 is 0. The molecule has 1 N–H and O–H groups in total. The van der Waals surface area contributed by atoms with Crippen LogP contribution in [-0.2, 0) is 16.1 Å². The minimum absolute atomic E-state index is 0.0339. The molecule has 1 aromatic carbocycles. The van der Waals surface area contributed by atoms with Gasteiger partial charge in [0.15, 0.2) is 6.04 Å². The number of carbonyl (C=O) groups excluding carboxylic acids is 2. The van der Waals surface area contributed by atoms with Crippen molar-refractivity contribution in [1.29, 1.82) is 0 Å². The summed E-state index contributed by atoms with van der Waals surface area (Å²) >= 11 is 0. The van der Waals surface area contributed by atoms with Crippen LogP contribution in [0.4, 0.5) is 4.79 Å². The normalized spacial score (nSPS) is 22.5. The monoisotopic (exact) mass is 358 g/mol. The molecule has 0 aromatic heterocycles. The van der Waals surface area contributed by atoms with Crippen LogP contribution < -0.4 is 0 Å². The van der Waals surface area contributed by atoms with E-state index in [1.807, 2.05) is 37.3 Å². The lowest BCUT2D eigenvalue weighted by Gasteiger charge is -2.30. The first-order valence-electron chi connectivity index (χ1n) is 9.37. The summed E-state index contributed by atoms with van der Waals surface area (Å²) in [4.78, 5) is 39.9. The average molecular weight is 358 g/mol. The Hall–Kier alpha value is -2.37. The third kappa shape index (κ3) is 3.74. The number of nitrogens with zero attached hydrogens (tertiary/aromatic N) is 2. The maximum atomic E-state index is 13.0. The van der Waals surface area contributed by atoms with Gasteiger partial charge in [0.05, 0.1) is 6.54 Å². The molecule has 1 heterocycles. The molecule has 1 aromatic rings. The van der Waals surface area contributed by atoms with Gasteiger partial charge in [-0.15, -0.1) is 0 Å². The van der Waals surface area contributed by atoms with Gasteiger partial charge in [-0.3, -0.25) is 4.79 Å². The number of hydrogen-bond donors (Lipinski definition) is 1. The molecular weight excluding hydrogens is 332 g/mol. The molecule has 6 heteroatoms. The van der Waals surface area contributed by atoms with Gasteiger partial charge in [0, 0.05) is 12.5 Å². The van der Waals surface area contributed by atoms with Crippen LogP contribution in [0.3, 0.4) is 0 Å². The summed E-state index contributed by atoms with van der Waals surface area (Å²) in [5.74, 6) is -1.55. The Balaban J connectivity index is 1.76. The summed E-state index contributed by atoms with van der Waals surface area (Å²) in [6.45, 7) is 2.18. The zero-order valence-corrected chi connectivity index (χ0v) is 15.1. The highest BCUT2D eigenvalue weighted by atomic mass is 16.4. The van der Waals surface area contributed by atoms with E-state index < -0.39 is 18.0 Å². The third-order valence-corrected chi connectivity index (χ3v) is 5.67. The van der Waals surface area contributed by atoms with Gasteiger partial charge in [-0.1, -0.05) is 56.5 Å². The summed E-state index contributed by atoms with van der Waals surface area (Å²) in [7, 11) is 0. The van der Waals surface area contributed by atoms with E-state index in [2.05, 4.69) is 0 Å². The summed E-state index contributed by atoms with van der Waals surface area (Å²) in [6.07, 6.45) is 5.32. The Morgan fingerprint density at radius 3 is 2.42 bits per heavy atom. The molecule has 2 unspecified atom stereocenters. The number of hydrogen-bond acceptors (Lipinski definition) is 3. The fourth-order valence-corrected chi connectivity index (χ4v) is 4.08. The number of amides is 3. The van der Waals surface area contributed by atoms with Crippen molar-refractivity contribution in [1.82, 2.24) is 9.80 Å². The van der Waals surface area contributed by atoms with Crippen LogP contribution in [-0.4, -0.2) is 45.4 Å². The molecule has 1 aliphatic heterocycles. The van der Waals surface area contributed by atoms with Crippen LogP contribution in [0.1, 0.15) is 44.6 Å². The Bertz CT molecular complexity index is 670. The fourth-order valence-electron chi connectivity index (χ4n) is 4.08. The average Bonchev–Trinajstić information content (AvgIpc) is 2.99. The van der Waals surface area contributed by atoms with Crippen molar-refractivity contribution in [2.75, 3.05) is 6.54 Å². The van der Waals surface area contributed by atoms with E-state index in [4.69, 9.17) is 0 Å². The first kappa shape index (κ1) is 18.4. The minimum atomic E-state index is -1.13.